The molecule has 0 saturated heterocycles. The zero-order valence-corrected chi connectivity index (χ0v) is 18.0. The van der Waals surface area contributed by atoms with Gasteiger partial charge in [0.25, 0.3) is 0 Å². The predicted molar refractivity (Wildman–Crippen MR) is 118 cm³/mol. The molecule has 2 aromatic carbocycles. The first-order chi connectivity index (χ1) is 15.7. The number of hydrogen-bond acceptors (Lipinski definition) is 4. The van der Waals surface area contributed by atoms with E-state index < -0.39 is 29.0 Å². The normalized spacial score (nSPS) is 11.3. The Morgan fingerprint density at radius 2 is 1.91 bits per heavy atom. The summed E-state index contributed by atoms with van der Waals surface area (Å²) in [7, 11) is 0. The van der Waals surface area contributed by atoms with Gasteiger partial charge in [0.1, 0.15) is 11.6 Å². The van der Waals surface area contributed by atoms with Crippen molar-refractivity contribution < 1.29 is 23.4 Å². The third-order valence-corrected chi connectivity index (χ3v) is 5.13. The Bertz CT molecular complexity index is 1410. The number of hydrogen-bond donors (Lipinski definition) is 1. The summed E-state index contributed by atoms with van der Waals surface area (Å²) in [6, 6.07) is 8.72. The van der Waals surface area contributed by atoms with E-state index in [-0.39, 0.29) is 23.0 Å². The Kier molecular flexibility index (Phi) is 5.95. The fraction of sp³-hybridized carbons (Fsp3) is 0.208. The molecule has 2 aromatic heterocycles. The number of benzene rings is 2. The first-order valence-corrected chi connectivity index (χ1v) is 10.3. The Balaban J connectivity index is 1.72. The standard InChI is InChI=1S/C24H21F2N3O4/c1-14(2)10-29-12-17(9-27-29)15-6-7-16(19(26)8-15)11-28-13-21(33-24(31)32)23(30)22-18(25)4-3-5-20(22)28/h3-9,12-14H,10-11H2,1-2H3,(H,31,32). The van der Waals surface area contributed by atoms with Crippen molar-refractivity contribution in [2.24, 2.45) is 5.92 Å². The molecule has 1 N–H and O–H groups in total. The molecule has 0 bridgehead atoms. The van der Waals surface area contributed by atoms with Crippen molar-refractivity contribution in [2.45, 2.75) is 26.9 Å². The van der Waals surface area contributed by atoms with Crippen molar-refractivity contribution in [2.75, 3.05) is 0 Å². The minimum Gasteiger partial charge on any atom is -0.449 e. The Morgan fingerprint density at radius 3 is 2.61 bits per heavy atom. The van der Waals surface area contributed by atoms with Crippen LogP contribution in [-0.4, -0.2) is 25.6 Å². The molecule has 9 heteroatoms. The van der Waals surface area contributed by atoms with Crippen molar-refractivity contribution >= 4 is 17.1 Å². The van der Waals surface area contributed by atoms with Crippen LogP contribution < -0.4 is 10.2 Å². The van der Waals surface area contributed by atoms with E-state index in [1.165, 1.54) is 22.8 Å². The monoisotopic (exact) mass is 453 g/mol. The number of fused-ring (bicyclic) bond motifs is 1. The lowest BCUT2D eigenvalue weighted by atomic mass is 10.1. The van der Waals surface area contributed by atoms with Crippen LogP contribution in [0.25, 0.3) is 22.0 Å². The lowest BCUT2D eigenvalue weighted by molar-refractivity contribution is 0.143. The van der Waals surface area contributed by atoms with E-state index in [0.29, 0.717) is 11.5 Å². The first kappa shape index (κ1) is 22.2. The lowest BCUT2D eigenvalue weighted by Crippen LogP contribution is -2.17. The smallest absolute Gasteiger partial charge is 0.449 e. The van der Waals surface area contributed by atoms with Gasteiger partial charge in [0.2, 0.25) is 5.43 Å². The SMILES string of the molecule is CC(C)Cn1cc(-c2ccc(Cn3cc(OC(=O)O)c(=O)c4c(F)cccc43)c(F)c2)cn1. The molecule has 0 aliphatic carbocycles. The number of aromatic nitrogens is 3. The second-order valence-electron chi connectivity index (χ2n) is 8.10. The number of nitrogens with zero attached hydrogens (tertiary/aromatic N) is 3. The summed E-state index contributed by atoms with van der Waals surface area (Å²) < 4.78 is 37.1. The van der Waals surface area contributed by atoms with E-state index >= 15 is 4.39 Å². The van der Waals surface area contributed by atoms with Gasteiger partial charge >= 0.3 is 6.16 Å². The van der Waals surface area contributed by atoms with E-state index in [0.717, 1.165) is 24.4 Å². The van der Waals surface area contributed by atoms with Gasteiger partial charge in [-0.15, -0.1) is 0 Å². The van der Waals surface area contributed by atoms with Crippen molar-refractivity contribution in [3.05, 3.63) is 82.4 Å². The lowest BCUT2D eigenvalue weighted by Gasteiger charge is -2.14. The molecule has 0 saturated carbocycles. The van der Waals surface area contributed by atoms with E-state index in [1.807, 2.05) is 6.20 Å². The Labute approximate surface area is 187 Å². The first-order valence-electron chi connectivity index (χ1n) is 10.3. The van der Waals surface area contributed by atoms with Gasteiger partial charge in [-0.3, -0.25) is 9.48 Å². The number of ether oxygens (including phenoxy) is 1. The van der Waals surface area contributed by atoms with Crippen LogP contribution in [0, 0.1) is 17.6 Å². The maximum absolute atomic E-state index is 15.0. The molecule has 170 valence electrons. The van der Waals surface area contributed by atoms with Gasteiger partial charge < -0.3 is 14.4 Å². The highest BCUT2D eigenvalue weighted by molar-refractivity contribution is 5.81. The molecule has 0 amide bonds. The zero-order valence-electron chi connectivity index (χ0n) is 18.0. The molecule has 2 heterocycles. The summed E-state index contributed by atoms with van der Waals surface area (Å²) in [6.07, 6.45) is 2.95. The minimum atomic E-state index is -1.71. The zero-order chi connectivity index (χ0) is 23.7. The minimum absolute atomic E-state index is 0.0745. The van der Waals surface area contributed by atoms with Gasteiger partial charge in [0.15, 0.2) is 5.75 Å². The second kappa shape index (κ2) is 8.85. The summed E-state index contributed by atoms with van der Waals surface area (Å²) in [5.74, 6) is -1.47. The molecular weight excluding hydrogens is 432 g/mol. The fourth-order valence-electron chi connectivity index (χ4n) is 3.69. The molecule has 7 nitrogen and oxygen atoms in total. The molecule has 4 rings (SSSR count). The third-order valence-electron chi connectivity index (χ3n) is 5.13. The number of carboxylic acid groups (broad SMARTS) is 1. The highest BCUT2D eigenvalue weighted by atomic mass is 19.1. The third kappa shape index (κ3) is 4.62. The average Bonchev–Trinajstić information content (AvgIpc) is 3.20. The van der Waals surface area contributed by atoms with E-state index in [4.69, 9.17) is 5.11 Å². The molecule has 0 fully saturated rings. The van der Waals surface area contributed by atoms with Crippen LogP contribution >= 0.6 is 0 Å². The maximum Gasteiger partial charge on any atom is 0.511 e. The van der Waals surface area contributed by atoms with Crippen molar-refractivity contribution in [1.82, 2.24) is 14.3 Å². The maximum atomic E-state index is 15.0. The molecule has 0 atom stereocenters. The summed E-state index contributed by atoms with van der Waals surface area (Å²) in [4.78, 5) is 23.5. The molecular formula is C24H21F2N3O4. The van der Waals surface area contributed by atoms with Crippen LogP contribution in [0.2, 0.25) is 0 Å². The van der Waals surface area contributed by atoms with Gasteiger partial charge in [-0.25, -0.2) is 13.6 Å². The quantitative estimate of drug-likeness (QED) is 0.420. The largest absolute Gasteiger partial charge is 0.511 e. The van der Waals surface area contributed by atoms with Gasteiger partial charge in [-0.1, -0.05) is 32.0 Å². The highest BCUT2D eigenvalue weighted by Gasteiger charge is 2.17. The average molecular weight is 453 g/mol. The molecule has 0 aliphatic heterocycles. The van der Waals surface area contributed by atoms with Gasteiger partial charge in [0.05, 0.1) is 29.8 Å². The number of carbonyl (C=O) groups is 1. The Hall–Kier alpha value is -4.01. The van der Waals surface area contributed by atoms with Gasteiger partial charge in [-0.05, 0) is 29.7 Å². The van der Waals surface area contributed by atoms with Gasteiger partial charge in [-0.2, -0.15) is 5.10 Å². The molecule has 0 radical (unpaired) electrons. The molecule has 0 aliphatic rings. The van der Waals surface area contributed by atoms with Crippen LogP contribution in [0.1, 0.15) is 19.4 Å². The van der Waals surface area contributed by atoms with E-state index in [1.54, 1.807) is 23.0 Å². The van der Waals surface area contributed by atoms with Crippen LogP contribution in [0.3, 0.4) is 0 Å². The summed E-state index contributed by atoms with van der Waals surface area (Å²) in [6.45, 7) is 4.83. The van der Waals surface area contributed by atoms with Crippen LogP contribution in [0.4, 0.5) is 13.6 Å². The van der Waals surface area contributed by atoms with E-state index in [2.05, 4.69) is 23.7 Å². The van der Waals surface area contributed by atoms with Crippen molar-refractivity contribution in [3.8, 4) is 16.9 Å². The predicted octanol–water partition coefficient (Wildman–Crippen LogP) is 4.90. The number of rotatable bonds is 6. The fourth-order valence-corrected chi connectivity index (χ4v) is 3.69. The summed E-state index contributed by atoms with van der Waals surface area (Å²) >= 11 is 0. The molecule has 0 unspecified atom stereocenters. The topological polar surface area (TPSA) is 86.4 Å². The van der Waals surface area contributed by atoms with Crippen LogP contribution in [0.5, 0.6) is 5.75 Å². The second-order valence-corrected chi connectivity index (χ2v) is 8.10. The van der Waals surface area contributed by atoms with Crippen molar-refractivity contribution in [1.29, 1.82) is 0 Å². The van der Waals surface area contributed by atoms with Crippen LogP contribution in [-0.2, 0) is 13.1 Å². The summed E-state index contributed by atoms with van der Waals surface area (Å²) in [5.41, 5.74) is 0.988. The Morgan fingerprint density at radius 1 is 1.12 bits per heavy atom. The highest BCUT2D eigenvalue weighted by Crippen LogP contribution is 2.24. The number of pyridine rings is 1. The molecule has 4 aromatic rings. The van der Waals surface area contributed by atoms with Crippen LogP contribution in [0.15, 0.2) is 59.8 Å². The van der Waals surface area contributed by atoms with Crippen molar-refractivity contribution in [3.63, 3.8) is 0 Å². The summed E-state index contributed by atoms with van der Waals surface area (Å²) in [5, 5.41) is 12.9. The van der Waals surface area contributed by atoms with E-state index in [9.17, 15) is 14.0 Å². The number of halogens is 2. The molecule has 0 spiro atoms. The molecule has 33 heavy (non-hydrogen) atoms. The van der Waals surface area contributed by atoms with Gasteiger partial charge in [0, 0.05) is 23.9 Å².